The van der Waals surface area contributed by atoms with E-state index in [0.29, 0.717) is 79.0 Å². The van der Waals surface area contributed by atoms with Gasteiger partial charge in [0.15, 0.2) is 22.8 Å². The lowest BCUT2D eigenvalue weighted by molar-refractivity contribution is -0.317. The minimum Gasteiger partial charge on any atom is -0.393 e. The van der Waals surface area contributed by atoms with Crippen LogP contribution in [0.1, 0.15) is 56.2 Å². The maximum absolute atomic E-state index is 17.4. The van der Waals surface area contributed by atoms with Gasteiger partial charge >= 0.3 is 13.9 Å². The van der Waals surface area contributed by atoms with Crippen LogP contribution in [-0.2, 0) is 0 Å². The second-order valence-corrected chi connectivity index (χ2v) is 14.1. The Balaban J connectivity index is 1.27. The molecule has 0 saturated heterocycles. The largest absolute Gasteiger partial charge is 0.737 e. The Labute approximate surface area is 296 Å². The van der Waals surface area contributed by atoms with Crippen molar-refractivity contribution in [2.24, 2.45) is 0 Å². The molecular formula is C42H28B2F4N4. The fraction of sp³-hybridized carbons (Fsp3) is 0.0476. The number of hydrogen-bond acceptors (Lipinski definition) is 0. The molecule has 0 aliphatic carbocycles. The Bertz CT molecular complexity index is 2720. The summed E-state index contributed by atoms with van der Waals surface area (Å²) in [7, 11) is 0. The number of aromatic nitrogens is 2. The van der Waals surface area contributed by atoms with Gasteiger partial charge in [-0.1, -0.05) is 84.9 Å². The van der Waals surface area contributed by atoms with Gasteiger partial charge in [0.25, 0.3) is 0 Å². The molecule has 2 aromatic heterocycles. The summed E-state index contributed by atoms with van der Waals surface area (Å²) in [6, 6.07) is 37.1. The van der Waals surface area contributed by atoms with Crippen molar-refractivity contribution < 1.29 is 26.2 Å². The molecular weight excluding hydrogens is 658 g/mol. The van der Waals surface area contributed by atoms with E-state index in [1.807, 2.05) is 133 Å². The van der Waals surface area contributed by atoms with Crippen LogP contribution >= 0.6 is 0 Å². The molecule has 250 valence electrons. The lowest BCUT2D eigenvalue weighted by Gasteiger charge is -2.30. The van der Waals surface area contributed by atoms with Gasteiger partial charge in [0.05, 0.1) is 22.3 Å². The van der Waals surface area contributed by atoms with Crippen molar-refractivity contribution in [2.45, 2.75) is 13.8 Å². The highest BCUT2D eigenvalue weighted by Crippen LogP contribution is 2.49. The summed E-state index contributed by atoms with van der Waals surface area (Å²) in [6.07, 6.45) is 3.69. The van der Waals surface area contributed by atoms with Gasteiger partial charge in [0, 0.05) is 45.4 Å². The zero-order valence-electron chi connectivity index (χ0n) is 28.2. The topological polar surface area (TPSA) is 15.9 Å². The molecule has 0 atom stereocenters. The van der Waals surface area contributed by atoms with Crippen molar-refractivity contribution >= 4 is 70.5 Å². The zero-order chi connectivity index (χ0) is 35.3. The molecule has 10 heteroatoms. The van der Waals surface area contributed by atoms with Gasteiger partial charge in [0.1, 0.15) is 0 Å². The van der Waals surface area contributed by atoms with E-state index in [0.717, 1.165) is 21.5 Å². The van der Waals surface area contributed by atoms with Crippen LogP contribution in [0.4, 0.5) is 17.3 Å². The maximum atomic E-state index is 17.4. The predicted octanol–water partition coefficient (Wildman–Crippen LogP) is 9.41. The minimum absolute atomic E-state index is 0.356. The van der Waals surface area contributed by atoms with Crippen molar-refractivity contribution in [3.05, 3.63) is 177 Å². The Hall–Kier alpha value is -6.15. The number of benzene rings is 5. The second-order valence-electron chi connectivity index (χ2n) is 14.1. The third-order valence-corrected chi connectivity index (χ3v) is 11.5. The van der Waals surface area contributed by atoms with E-state index in [-0.39, 0.29) is 0 Å². The average molecular weight is 686 g/mol. The monoisotopic (exact) mass is 686 g/mol. The summed E-state index contributed by atoms with van der Waals surface area (Å²) in [6.45, 7) is -5.25. The van der Waals surface area contributed by atoms with Gasteiger partial charge in [-0.05, 0) is 72.4 Å². The van der Waals surface area contributed by atoms with Crippen LogP contribution in [-0.4, -0.2) is 43.3 Å². The first-order valence-corrected chi connectivity index (χ1v) is 17.5. The fourth-order valence-electron chi connectivity index (χ4n) is 9.41. The summed E-state index contributed by atoms with van der Waals surface area (Å²) in [4.78, 5) is 0. The molecule has 4 aliphatic rings. The summed E-state index contributed by atoms with van der Waals surface area (Å²) in [5.74, 6) is 0. The zero-order valence-corrected chi connectivity index (χ0v) is 28.2. The minimum atomic E-state index is -4.37. The van der Waals surface area contributed by atoms with Crippen LogP contribution in [0.25, 0.3) is 45.1 Å². The third-order valence-electron chi connectivity index (χ3n) is 11.5. The lowest BCUT2D eigenvalue weighted by Crippen LogP contribution is -2.50. The average Bonchev–Trinajstić information content (AvgIpc) is 3.85. The summed E-state index contributed by atoms with van der Waals surface area (Å²) in [5, 5.41) is 3.03. The van der Waals surface area contributed by atoms with Crippen LogP contribution in [0, 0.1) is 13.8 Å². The number of nitrogens with zero attached hydrogens (tertiary/aromatic N) is 4. The Kier molecular flexibility index (Phi) is 5.57. The Morgan fingerprint density at radius 2 is 0.788 bits per heavy atom. The molecule has 0 N–H and O–H groups in total. The quantitative estimate of drug-likeness (QED) is 0.127. The maximum Gasteiger partial charge on any atom is 0.737 e. The van der Waals surface area contributed by atoms with Gasteiger partial charge in [-0.3, -0.25) is 0 Å². The standard InChI is InChI=1S/C42H28B2F4N4/c1-25-29-17-9-11-19-31(29)37-23-39-33-21-36-34(22-35(33)41(27-13-5-3-6-14-27)51(39)43(45,46)49(25)37)40-24-38-32-20-12-10-18-30(32)26(2)50(38)44(47,48)52(40)42(36)28-15-7-4-8-16-28/h3-24H,1-2H3. The van der Waals surface area contributed by atoms with E-state index in [4.69, 9.17) is 0 Å². The van der Waals surface area contributed by atoms with E-state index in [2.05, 4.69) is 0 Å². The molecule has 6 heterocycles. The molecule has 0 bridgehead atoms. The molecule has 0 spiro atoms. The SMILES string of the molecule is Cc1c2ccccc2c2n1[B-](F)(F)[N+]1=C(c3ccccc3)c3cc4c(cc3C1=C2)C(c1ccccc1)=[N+]1C4=Cc2c3ccccc3c(C)n2[B-]1(F)F. The second kappa shape index (κ2) is 9.79. The third kappa shape index (κ3) is 3.49. The number of fused-ring (bicyclic) bond motifs is 12. The Morgan fingerprint density at radius 3 is 1.17 bits per heavy atom. The molecule has 0 fully saturated rings. The van der Waals surface area contributed by atoms with E-state index >= 15 is 17.3 Å². The van der Waals surface area contributed by atoms with Crippen LogP contribution in [0.2, 0.25) is 0 Å². The first kappa shape index (κ1) is 29.6. The molecule has 4 nitrogen and oxygen atoms in total. The van der Waals surface area contributed by atoms with Crippen LogP contribution in [0.15, 0.2) is 121 Å². The van der Waals surface area contributed by atoms with Crippen molar-refractivity contribution in [2.75, 3.05) is 0 Å². The van der Waals surface area contributed by atoms with Gasteiger partial charge in [0.2, 0.25) is 0 Å². The molecule has 7 aromatic rings. The van der Waals surface area contributed by atoms with Crippen LogP contribution in [0.3, 0.4) is 0 Å². The molecule has 0 radical (unpaired) electrons. The number of halogens is 4. The molecule has 11 rings (SSSR count). The van der Waals surface area contributed by atoms with Crippen molar-refractivity contribution in [1.82, 2.24) is 8.96 Å². The molecule has 4 aliphatic heterocycles. The predicted molar refractivity (Wildman–Crippen MR) is 202 cm³/mol. The van der Waals surface area contributed by atoms with Gasteiger partial charge in [-0.2, -0.15) is 0 Å². The fourth-order valence-corrected chi connectivity index (χ4v) is 9.41. The molecule has 0 unspecified atom stereocenters. The number of rotatable bonds is 2. The lowest BCUT2D eigenvalue weighted by atomic mass is 9.89. The van der Waals surface area contributed by atoms with E-state index in [1.165, 1.54) is 17.9 Å². The van der Waals surface area contributed by atoms with E-state index in [1.54, 1.807) is 13.8 Å². The van der Waals surface area contributed by atoms with Gasteiger partial charge in [-0.15, -0.1) is 0 Å². The van der Waals surface area contributed by atoms with Crippen molar-refractivity contribution in [3.63, 3.8) is 0 Å². The highest BCUT2D eigenvalue weighted by molar-refractivity contribution is 6.61. The van der Waals surface area contributed by atoms with Gasteiger partial charge in [-0.25, -0.2) is 0 Å². The Morgan fingerprint density at radius 1 is 0.442 bits per heavy atom. The first-order chi connectivity index (χ1) is 25.2. The van der Waals surface area contributed by atoms with E-state index in [9.17, 15) is 0 Å². The molecule has 52 heavy (non-hydrogen) atoms. The smallest absolute Gasteiger partial charge is 0.393 e. The number of hydrogen-bond donors (Lipinski definition) is 0. The summed E-state index contributed by atoms with van der Waals surface area (Å²) < 4.78 is 74.5. The highest BCUT2D eigenvalue weighted by Gasteiger charge is 2.59. The van der Waals surface area contributed by atoms with Crippen molar-refractivity contribution in [3.8, 4) is 0 Å². The summed E-state index contributed by atoms with van der Waals surface area (Å²) >= 11 is 0. The van der Waals surface area contributed by atoms with Crippen molar-refractivity contribution in [1.29, 1.82) is 0 Å². The molecule has 0 amide bonds. The molecule has 5 aromatic carbocycles. The summed E-state index contributed by atoms with van der Waals surface area (Å²) in [5.41, 5.74) is 6.86. The molecule has 0 saturated carbocycles. The number of aryl methyl sites for hydroxylation is 2. The normalized spacial score (nSPS) is 17.4. The van der Waals surface area contributed by atoms with Crippen LogP contribution < -0.4 is 0 Å². The van der Waals surface area contributed by atoms with E-state index < -0.39 is 13.9 Å². The van der Waals surface area contributed by atoms with Crippen LogP contribution in [0.5, 0.6) is 0 Å². The van der Waals surface area contributed by atoms with Gasteiger partial charge < -0.3 is 35.2 Å². The first-order valence-electron chi connectivity index (χ1n) is 17.5. The highest BCUT2D eigenvalue weighted by atomic mass is 19.3.